The first kappa shape index (κ1) is 13.2. The third kappa shape index (κ3) is 3.06. The van der Waals surface area contributed by atoms with Gasteiger partial charge in [-0.25, -0.2) is 0 Å². The van der Waals surface area contributed by atoms with Crippen LogP contribution in [0.3, 0.4) is 0 Å². The van der Waals surface area contributed by atoms with Crippen molar-refractivity contribution < 1.29 is 15.0 Å². The number of aliphatic carboxylic acids is 1. The molecule has 0 spiro atoms. The van der Waals surface area contributed by atoms with E-state index in [9.17, 15) is 9.90 Å². The van der Waals surface area contributed by atoms with E-state index in [0.29, 0.717) is 5.56 Å². The number of halogens is 1. The molecular weight excluding hydrogens is 272 g/mol. The van der Waals surface area contributed by atoms with Gasteiger partial charge in [-0.05, 0) is 23.6 Å². The Bertz CT molecular complexity index is 376. The third-order valence-electron chi connectivity index (χ3n) is 2.53. The first-order valence-corrected chi connectivity index (χ1v) is 5.89. The number of hydrogen-bond acceptors (Lipinski definition) is 2. The van der Waals surface area contributed by atoms with Crippen LogP contribution in [-0.2, 0) is 4.79 Å². The van der Waals surface area contributed by atoms with Crippen molar-refractivity contribution in [2.24, 2.45) is 11.8 Å². The molecule has 0 saturated carbocycles. The highest BCUT2D eigenvalue weighted by Crippen LogP contribution is 2.29. The van der Waals surface area contributed by atoms with E-state index in [4.69, 9.17) is 5.11 Å². The van der Waals surface area contributed by atoms with Crippen molar-refractivity contribution in [3.8, 4) is 0 Å². The maximum Gasteiger partial charge on any atom is 0.309 e. The Morgan fingerprint density at radius 3 is 2.44 bits per heavy atom. The fourth-order valence-corrected chi connectivity index (χ4v) is 2.10. The van der Waals surface area contributed by atoms with Crippen molar-refractivity contribution in [2.45, 2.75) is 20.0 Å². The molecule has 1 aromatic rings. The Balaban J connectivity index is 2.99. The average Bonchev–Trinajstić information content (AvgIpc) is 2.16. The lowest BCUT2D eigenvalue weighted by Crippen LogP contribution is -2.26. The Labute approximate surface area is 103 Å². The monoisotopic (exact) mass is 286 g/mol. The second-order valence-electron chi connectivity index (χ2n) is 4.11. The average molecular weight is 287 g/mol. The van der Waals surface area contributed by atoms with Gasteiger partial charge in [-0.2, -0.15) is 0 Å². The summed E-state index contributed by atoms with van der Waals surface area (Å²) in [5.74, 6) is -1.87. The summed E-state index contributed by atoms with van der Waals surface area (Å²) in [7, 11) is 0. The number of carboxylic acids is 1. The molecule has 0 bridgehead atoms. The molecule has 0 aliphatic rings. The van der Waals surface area contributed by atoms with Crippen molar-refractivity contribution in [1.29, 1.82) is 0 Å². The molecule has 2 unspecified atom stereocenters. The molecule has 0 heterocycles. The number of hydrogen-bond donors (Lipinski definition) is 2. The lowest BCUT2D eigenvalue weighted by molar-refractivity contribution is -0.148. The fourth-order valence-electron chi connectivity index (χ4n) is 1.68. The van der Waals surface area contributed by atoms with Crippen LogP contribution in [0, 0.1) is 11.8 Å². The number of carbonyl (C=O) groups is 1. The fraction of sp³-hybridized carbons (Fsp3) is 0.417. The molecule has 0 aromatic heterocycles. The molecular formula is C12H15BrO3. The summed E-state index contributed by atoms with van der Waals surface area (Å²) in [4.78, 5) is 11.1. The molecule has 88 valence electrons. The molecule has 0 amide bonds. The summed E-state index contributed by atoms with van der Waals surface area (Å²) in [6, 6.07) is 7.08. The topological polar surface area (TPSA) is 57.5 Å². The van der Waals surface area contributed by atoms with Crippen LogP contribution in [0.25, 0.3) is 0 Å². The molecule has 2 N–H and O–H groups in total. The molecule has 0 aliphatic heterocycles. The van der Waals surface area contributed by atoms with Gasteiger partial charge in [-0.3, -0.25) is 4.79 Å². The van der Waals surface area contributed by atoms with Gasteiger partial charge in [0.15, 0.2) is 0 Å². The highest BCUT2D eigenvalue weighted by Gasteiger charge is 2.30. The number of benzene rings is 1. The zero-order valence-corrected chi connectivity index (χ0v) is 10.8. The van der Waals surface area contributed by atoms with Crippen molar-refractivity contribution in [1.82, 2.24) is 0 Å². The molecule has 3 nitrogen and oxygen atoms in total. The first-order valence-electron chi connectivity index (χ1n) is 5.09. The minimum absolute atomic E-state index is 0.119. The third-order valence-corrected chi connectivity index (χ3v) is 3.03. The first-order chi connectivity index (χ1) is 7.43. The summed E-state index contributed by atoms with van der Waals surface area (Å²) in [5.41, 5.74) is 0.621. The normalized spacial score (nSPS) is 14.8. The van der Waals surface area contributed by atoms with E-state index in [1.807, 2.05) is 6.07 Å². The highest BCUT2D eigenvalue weighted by atomic mass is 79.9. The van der Waals surface area contributed by atoms with Crippen LogP contribution in [0.5, 0.6) is 0 Å². The maximum atomic E-state index is 11.1. The van der Waals surface area contributed by atoms with Gasteiger partial charge < -0.3 is 10.2 Å². The summed E-state index contributed by atoms with van der Waals surface area (Å²) in [6.07, 6.45) is -0.977. The summed E-state index contributed by atoms with van der Waals surface area (Å²) in [6.45, 7) is 3.58. The van der Waals surface area contributed by atoms with Crippen LogP contribution in [0.15, 0.2) is 28.7 Å². The maximum absolute atomic E-state index is 11.1. The smallest absolute Gasteiger partial charge is 0.309 e. The summed E-state index contributed by atoms with van der Waals surface area (Å²) in [5, 5.41) is 19.1. The van der Waals surface area contributed by atoms with E-state index in [2.05, 4.69) is 15.9 Å². The predicted octanol–water partition coefficient (Wildman–Crippen LogP) is 2.84. The molecule has 0 saturated heterocycles. The molecule has 2 atom stereocenters. The lowest BCUT2D eigenvalue weighted by atomic mass is 9.87. The zero-order valence-electron chi connectivity index (χ0n) is 9.22. The summed E-state index contributed by atoms with van der Waals surface area (Å²) < 4.78 is 0.831. The van der Waals surface area contributed by atoms with Gasteiger partial charge >= 0.3 is 5.97 Å². The van der Waals surface area contributed by atoms with Crippen LogP contribution in [0.4, 0.5) is 0 Å². The van der Waals surface area contributed by atoms with Gasteiger partial charge in [-0.1, -0.05) is 41.9 Å². The Kier molecular flexibility index (Phi) is 4.50. The Morgan fingerprint density at radius 2 is 2.00 bits per heavy atom. The van der Waals surface area contributed by atoms with Gasteiger partial charge in [0.05, 0.1) is 12.0 Å². The van der Waals surface area contributed by atoms with E-state index in [1.165, 1.54) is 0 Å². The standard InChI is InChI=1S/C12H15BrO3/c1-7(2)10(12(15)16)11(14)8-4-3-5-9(13)6-8/h3-7,10-11,14H,1-2H3,(H,15,16). The van der Waals surface area contributed by atoms with Crippen LogP contribution in [0.2, 0.25) is 0 Å². The lowest BCUT2D eigenvalue weighted by Gasteiger charge is -2.22. The molecule has 1 rings (SSSR count). The van der Waals surface area contributed by atoms with Crippen molar-refractivity contribution in [2.75, 3.05) is 0 Å². The molecule has 16 heavy (non-hydrogen) atoms. The minimum Gasteiger partial charge on any atom is -0.481 e. The molecule has 1 aromatic carbocycles. The van der Waals surface area contributed by atoms with Gasteiger partial charge in [0.1, 0.15) is 0 Å². The molecule has 0 radical (unpaired) electrons. The predicted molar refractivity (Wildman–Crippen MR) is 65.1 cm³/mol. The van der Waals surface area contributed by atoms with Crippen LogP contribution in [0.1, 0.15) is 25.5 Å². The van der Waals surface area contributed by atoms with Crippen molar-refractivity contribution in [3.63, 3.8) is 0 Å². The van der Waals surface area contributed by atoms with Gasteiger partial charge in [-0.15, -0.1) is 0 Å². The quantitative estimate of drug-likeness (QED) is 0.895. The Morgan fingerprint density at radius 1 is 1.38 bits per heavy atom. The number of rotatable bonds is 4. The van der Waals surface area contributed by atoms with Gasteiger partial charge in [0.2, 0.25) is 0 Å². The van der Waals surface area contributed by atoms with Crippen LogP contribution < -0.4 is 0 Å². The Hall–Kier alpha value is -0.870. The van der Waals surface area contributed by atoms with E-state index >= 15 is 0 Å². The number of aliphatic hydroxyl groups is 1. The van der Waals surface area contributed by atoms with Crippen molar-refractivity contribution >= 4 is 21.9 Å². The van der Waals surface area contributed by atoms with Crippen LogP contribution >= 0.6 is 15.9 Å². The van der Waals surface area contributed by atoms with Gasteiger partial charge in [0.25, 0.3) is 0 Å². The summed E-state index contributed by atoms with van der Waals surface area (Å²) >= 11 is 3.30. The van der Waals surface area contributed by atoms with E-state index in [0.717, 1.165) is 4.47 Å². The number of carboxylic acid groups (broad SMARTS) is 1. The second-order valence-corrected chi connectivity index (χ2v) is 5.02. The van der Waals surface area contributed by atoms with Crippen molar-refractivity contribution in [3.05, 3.63) is 34.3 Å². The molecule has 4 heteroatoms. The van der Waals surface area contributed by atoms with Crippen LogP contribution in [-0.4, -0.2) is 16.2 Å². The van der Waals surface area contributed by atoms with E-state index < -0.39 is 18.0 Å². The molecule has 0 fully saturated rings. The SMILES string of the molecule is CC(C)C(C(=O)O)C(O)c1cccc(Br)c1. The number of aliphatic hydroxyl groups excluding tert-OH is 1. The zero-order chi connectivity index (χ0) is 12.3. The highest BCUT2D eigenvalue weighted by molar-refractivity contribution is 9.10. The van der Waals surface area contributed by atoms with E-state index in [1.54, 1.807) is 32.0 Å². The largest absolute Gasteiger partial charge is 0.481 e. The minimum atomic E-state index is -0.977. The second kappa shape index (κ2) is 5.46. The van der Waals surface area contributed by atoms with Gasteiger partial charge in [0, 0.05) is 4.47 Å². The molecule has 0 aliphatic carbocycles. The van der Waals surface area contributed by atoms with E-state index in [-0.39, 0.29) is 5.92 Å².